The molecule has 0 saturated carbocycles. The van der Waals surface area contributed by atoms with Crippen molar-refractivity contribution in [1.29, 1.82) is 0 Å². The first-order valence-corrected chi connectivity index (χ1v) is 7.11. The van der Waals surface area contributed by atoms with Gasteiger partial charge in [0.15, 0.2) is 0 Å². The zero-order valence-corrected chi connectivity index (χ0v) is 11.7. The Morgan fingerprint density at radius 3 is 3.05 bits per heavy atom. The Bertz CT molecular complexity index is 479. The van der Waals surface area contributed by atoms with E-state index in [1.165, 1.54) is 12.1 Å². The highest BCUT2D eigenvalue weighted by Gasteiger charge is 2.22. The molecular formula is C15H21FN2O2. The number of carboxylic acid groups (broad SMARTS) is 1. The number of nitrogens with one attached hydrogen (secondary N) is 1. The average molecular weight is 280 g/mol. The van der Waals surface area contributed by atoms with E-state index in [1.54, 1.807) is 0 Å². The van der Waals surface area contributed by atoms with Crippen molar-refractivity contribution in [3.05, 3.63) is 29.6 Å². The van der Waals surface area contributed by atoms with Gasteiger partial charge in [-0.3, -0.25) is 4.79 Å². The first-order chi connectivity index (χ1) is 9.61. The fraction of sp³-hybridized carbons (Fsp3) is 0.533. The van der Waals surface area contributed by atoms with Gasteiger partial charge in [0, 0.05) is 18.8 Å². The summed E-state index contributed by atoms with van der Waals surface area (Å²) in [6, 6.07) is 4.30. The summed E-state index contributed by atoms with van der Waals surface area (Å²) in [5.41, 5.74) is 2.05. The molecule has 0 radical (unpaired) electrons. The van der Waals surface area contributed by atoms with Crippen molar-refractivity contribution < 1.29 is 14.3 Å². The third kappa shape index (κ3) is 3.48. The lowest BCUT2D eigenvalue weighted by molar-refractivity contribution is -0.139. The Hall–Kier alpha value is -1.62. The van der Waals surface area contributed by atoms with Gasteiger partial charge in [-0.15, -0.1) is 0 Å². The van der Waals surface area contributed by atoms with Crippen molar-refractivity contribution in [3.8, 4) is 0 Å². The molecule has 0 aromatic heterocycles. The van der Waals surface area contributed by atoms with Crippen LogP contribution in [0.3, 0.4) is 0 Å². The first-order valence-electron chi connectivity index (χ1n) is 7.11. The highest BCUT2D eigenvalue weighted by atomic mass is 19.1. The van der Waals surface area contributed by atoms with Gasteiger partial charge >= 0.3 is 5.97 Å². The number of halogens is 1. The molecule has 1 heterocycles. The van der Waals surface area contributed by atoms with E-state index < -0.39 is 12.0 Å². The van der Waals surface area contributed by atoms with Crippen LogP contribution in [0.15, 0.2) is 18.2 Å². The van der Waals surface area contributed by atoms with Crippen molar-refractivity contribution in [2.45, 2.75) is 32.2 Å². The van der Waals surface area contributed by atoms with Crippen LogP contribution in [0.5, 0.6) is 0 Å². The van der Waals surface area contributed by atoms with Crippen molar-refractivity contribution in [2.24, 2.45) is 0 Å². The average Bonchev–Trinajstić information content (AvgIpc) is 2.81. The minimum absolute atomic E-state index is 0.241. The van der Waals surface area contributed by atoms with E-state index in [2.05, 4.69) is 10.2 Å². The number of nitrogens with zero attached hydrogens (tertiary/aromatic N) is 1. The molecule has 5 heteroatoms. The van der Waals surface area contributed by atoms with Crippen LogP contribution in [0, 0.1) is 5.82 Å². The monoisotopic (exact) mass is 280 g/mol. The van der Waals surface area contributed by atoms with Crippen molar-refractivity contribution >= 4 is 11.7 Å². The van der Waals surface area contributed by atoms with Gasteiger partial charge in [0.2, 0.25) is 0 Å². The van der Waals surface area contributed by atoms with Crippen molar-refractivity contribution in [1.82, 2.24) is 5.32 Å². The maximum absolute atomic E-state index is 13.3. The fourth-order valence-corrected chi connectivity index (χ4v) is 2.57. The lowest BCUT2D eigenvalue weighted by Crippen LogP contribution is -2.40. The van der Waals surface area contributed by atoms with Gasteiger partial charge in [0.05, 0.1) is 0 Å². The SMILES string of the molecule is CCCNC(CCN1CCc2ccc(F)cc21)C(=O)O. The number of carboxylic acids is 1. The normalized spacial score (nSPS) is 15.2. The molecule has 0 bridgehead atoms. The van der Waals surface area contributed by atoms with E-state index in [1.807, 2.05) is 13.0 Å². The van der Waals surface area contributed by atoms with Crippen LogP contribution in [0.1, 0.15) is 25.3 Å². The van der Waals surface area contributed by atoms with Gasteiger partial charge < -0.3 is 15.3 Å². The minimum Gasteiger partial charge on any atom is -0.480 e. The molecule has 1 atom stereocenters. The number of rotatable bonds is 7. The molecule has 0 saturated heterocycles. The number of hydrogen-bond donors (Lipinski definition) is 2. The Kier molecular flexibility index (Phi) is 4.95. The number of anilines is 1. The Labute approximate surface area is 118 Å². The van der Waals surface area contributed by atoms with Crippen molar-refractivity contribution in [3.63, 3.8) is 0 Å². The maximum atomic E-state index is 13.3. The first kappa shape index (κ1) is 14.8. The van der Waals surface area contributed by atoms with E-state index in [-0.39, 0.29) is 5.82 Å². The summed E-state index contributed by atoms with van der Waals surface area (Å²) in [6.45, 7) is 4.16. The minimum atomic E-state index is -0.822. The predicted octanol–water partition coefficient (Wildman–Crippen LogP) is 2.03. The summed E-state index contributed by atoms with van der Waals surface area (Å²) in [4.78, 5) is 13.2. The van der Waals surface area contributed by atoms with Gasteiger partial charge in [-0.25, -0.2) is 4.39 Å². The smallest absolute Gasteiger partial charge is 0.320 e. The Morgan fingerprint density at radius 2 is 2.35 bits per heavy atom. The van der Waals surface area contributed by atoms with Crippen LogP contribution >= 0.6 is 0 Å². The number of hydrogen-bond acceptors (Lipinski definition) is 3. The molecule has 0 fully saturated rings. The lowest BCUT2D eigenvalue weighted by atomic mass is 10.1. The van der Waals surface area contributed by atoms with Gasteiger partial charge in [-0.1, -0.05) is 13.0 Å². The van der Waals surface area contributed by atoms with Gasteiger partial charge in [-0.05, 0) is 43.5 Å². The summed E-state index contributed by atoms with van der Waals surface area (Å²) in [6.07, 6.45) is 2.32. The summed E-state index contributed by atoms with van der Waals surface area (Å²) in [5.74, 6) is -1.06. The van der Waals surface area contributed by atoms with Crippen molar-refractivity contribution in [2.75, 3.05) is 24.5 Å². The summed E-state index contributed by atoms with van der Waals surface area (Å²) < 4.78 is 13.3. The highest BCUT2D eigenvalue weighted by Crippen LogP contribution is 2.28. The van der Waals surface area contributed by atoms with Crippen LogP contribution < -0.4 is 10.2 Å². The molecule has 110 valence electrons. The van der Waals surface area contributed by atoms with Crippen LogP contribution in [0.4, 0.5) is 10.1 Å². The highest BCUT2D eigenvalue weighted by molar-refractivity contribution is 5.73. The molecule has 2 N–H and O–H groups in total. The van der Waals surface area contributed by atoms with E-state index in [0.717, 1.165) is 30.6 Å². The van der Waals surface area contributed by atoms with Gasteiger partial charge in [0.25, 0.3) is 0 Å². The predicted molar refractivity (Wildman–Crippen MR) is 76.7 cm³/mol. The molecule has 1 aliphatic rings. The van der Waals surface area contributed by atoms with E-state index >= 15 is 0 Å². The van der Waals surface area contributed by atoms with E-state index in [4.69, 9.17) is 0 Å². The second-order valence-electron chi connectivity index (χ2n) is 5.14. The second-order valence-corrected chi connectivity index (χ2v) is 5.14. The molecule has 1 unspecified atom stereocenters. The fourth-order valence-electron chi connectivity index (χ4n) is 2.57. The topological polar surface area (TPSA) is 52.6 Å². The standard InChI is InChI=1S/C15H21FN2O2/c1-2-7-17-13(15(19)20)6-9-18-8-5-11-3-4-12(16)10-14(11)18/h3-4,10,13,17H,2,5-9H2,1H3,(H,19,20). The van der Waals surface area contributed by atoms with E-state index in [9.17, 15) is 14.3 Å². The largest absolute Gasteiger partial charge is 0.480 e. The Balaban J connectivity index is 1.95. The second kappa shape index (κ2) is 6.70. The van der Waals surface area contributed by atoms with Crippen LogP contribution in [-0.4, -0.2) is 36.8 Å². The molecule has 2 rings (SSSR count). The zero-order chi connectivity index (χ0) is 14.5. The number of aliphatic carboxylic acids is 1. The molecular weight excluding hydrogens is 259 g/mol. The molecule has 1 aromatic rings. The number of fused-ring (bicyclic) bond motifs is 1. The molecule has 4 nitrogen and oxygen atoms in total. The molecule has 0 amide bonds. The number of benzene rings is 1. The van der Waals surface area contributed by atoms with E-state index in [0.29, 0.717) is 19.5 Å². The summed E-state index contributed by atoms with van der Waals surface area (Å²) >= 11 is 0. The summed E-state index contributed by atoms with van der Waals surface area (Å²) in [5, 5.41) is 12.2. The third-order valence-electron chi connectivity index (χ3n) is 3.67. The summed E-state index contributed by atoms with van der Waals surface area (Å²) in [7, 11) is 0. The van der Waals surface area contributed by atoms with Gasteiger partial charge in [0.1, 0.15) is 11.9 Å². The molecule has 1 aromatic carbocycles. The lowest BCUT2D eigenvalue weighted by Gasteiger charge is -2.22. The third-order valence-corrected chi connectivity index (χ3v) is 3.67. The zero-order valence-electron chi connectivity index (χ0n) is 11.7. The quantitative estimate of drug-likeness (QED) is 0.802. The molecule has 20 heavy (non-hydrogen) atoms. The van der Waals surface area contributed by atoms with Crippen LogP contribution in [-0.2, 0) is 11.2 Å². The maximum Gasteiger partial charge on any atom is 0.320 e. The molecule has 1 aliphatic heterocycles. The van der Waals surface area contributed by atoms with Crippen LogP contribution in [0.2, 0.25) is 0 Å². The Morgan fingerprint density at radius 1 is 1.55 bits per heavy atom. The molecule has 0 spiro atoms. The van der Waals surface area contributed by atoms with Gasteiger partial charge in [-0.2, -0.15) is 0 Å². The number of carbonyl (C=O) groups is 1. The van der Waals surface area contributed by atoms with Crippen LogP contribution in [0.25, 0.3) is 0 Å². The molecule has 0 aliphatic carbocycles.